The Hall–Kier alpha value is -0.520. The highest BCUT2D eigenvalue weighted by Crippen LogP contribution is 2.66. The van der Waals surface area contributed by atoms with Crippen molar-refractivity contribution in [3.05, 3.63) is 24.3 Å². The molecule has 0 spiro atoms. The first kappa shape index (κ1) is 29.5. The standard InChI is InChI=1S/C28H48.2C2H6/c1-8-19(6)25-24-17-23(22(11-4)27(24)21(9-2)10-3)26(25)20(7)18-28(12-5)15-13-14-16-28;2*1-2/h21-27H,6-18H2,1-5H3;2*1-2H3. The highest BCUT2D eigenvalue weighted by molar-refractivity contribution is 5.24. The lowest BCUT2D eigenvalue weighted by molar-refractivity contribution is 0.0734. The molecule has 3 fully saturated rings. The first-order valence-corrected chi connectivity index (χ1v) is 14.8. The molecular formula is C32H60. The molecule has 0 aromatic heterocycles. The van der Waals surface area contributed by atoms with Gasteiger partial charge in [0.2, 0.25) is 0 Å². The summed E-state index contributed by atoms with van der Waals surface area (Å²) in [4.78, 5) is 0. The summed E-state index contributed by atoms with van der Waals surface area (Å²) in [6.45, 7) is 29.5. The molecule has 2 bridgehead atoms. The Morgan fingerprint density at radius 3 is 1.78 bits per heavy atom. The summed E-state index contributed by atoms with van der Waals surface area (Å²) in [5, 5.41) is 0. The second-order valence-corrected chi connectivity index (χ2v) is 10.7. The van der Waals surface area contributed by atoms with Crippen LogP contribution in [0.5, 0.6) is 0 Å². The average molecular weight is 445 g/mol. The summed E-state index contributed by atoms with van der Waals surface area (Å²) in [5.74, 6) is 6.01. The Labute approximate surface area is 204 Å². The predicted octanol–water partition coefficient (Wildman–Crippen LogP) is 10.9. The molecule has 0 aromatic rings. The lowest BCUT2D eigenvalue weighted by atomic mass is 9.58. The van der Waals surface area contributed by atoms with E-state index in [2.05, 4.69) is 41.2 Å². The molecule has 0 nitrogen and oxygen atoms in total. The van der Waals surface area contributed by atoms with Crippen LogP contribution < -0.4 is 0 Å². The maximum atomic E-state index is 4.82. The third-order valence-electron chi connectivity index (χ3n) is 9.87. The molecule has 188 valence electrons. The molecule has 3 aliphatic rings. The van der Waals surface area contributed by atoms with Crippen LogP contribution in [-0.2, 0) is 0 Å². The van der Waals surface area contributed by atoms with E-state index < -0.39 is 0 Å². The van der Waals surface area contributed by atoms with Crippen LogP contribution in [0.2, 0.25) is 0 Å². The van der Waals surface area contributed by atoms with Crippen molar-refractivity contribution in [2.75, 3.05) is 0 Å². The highest BCUT2D eigenvalue weighted by Gasteiger charge is 2.59. The Morgan fingerprint density at radius 1 is 0.812 bits per heavy atom. The molecule has 0 heterocycles. The minimum atomic E-state index is 0.577. The van der Waals surface area contributed by atoms with Gasteiger partial charge in [-0.15, -0.1) is 0 Å². The minimum Gasteiger partial charge on any atom is -0.0996 e. The summed E-state index contributed by atoms with van der Waals surface area (Å²) in [6, 6.07) is 0. The normalized spacial score (nSPS) is 32.2. The summed E-state index contributed by atoms with van der Waals surface area (Å²) in [6.07, 6.45) is 15.1. The first-order valence-electron chi connectivity index (χ1n) is 14.8. The van der Waals surface area contributed by atoms with Gasteiger partial charge in [0.15, 0.2) is 0 Å². The average Bonchev–Trinajstić information content (AvgIpc) is 3.56. The monoisotopic (exact) mass is 444 g/mol. The summed E-state index contributed by atoms with van der Waals surface area (Å²) in [5.41, 5.74) is 3.74. The lowest BCUT2D eigenvalue weighted by Crippen LogP contribution is -2.40. The third kappa shape index (κ3) is 5.75. The SMILES string of the molecule is C=C(CC1(CC)CCCC1)C1C2CC(C1C(=C)CC)C(C(CC)CC)C2CC.CC.CC. The van der Waals surface area contributed by atoms with E-state index >= 15 is 0 Å². The van der Waals surface area contributed by atoms with Crippen LogP contribution in [0, 0.1) is 46.8 Å². The molecule has 3 aliphatic carbocycles. The van der Waals surface area contributed by atoms with E-state index in [0.29, 0.717) is 5.41 Å². The van der Waals surface area contributed by atoms with Crippen molar-refractivity contribution >= 4 is 0 Å². The molecular weight excluding hydrogens is 384 g/mol. The molecule has 3 rings (SSSR count). The van der Waals surface area contributed by atoms with Crippen LogP contribution in [0.3, 0.4) is 0 Å². The van der Waals surface area contributed by atoms with Crippen molar-refractivity contribution in [2.45, 2.75) is 133 Å². The molecule has 3 saturated carbocycles. The van der Waals surface area contributed by atoms with Gasteiger partial charge in [0.05, 0.1) is 0 Å². The largest absolute Gasteiger partial charge is 0.0996 e. The van der Waals surface area contributed by atoms with E-state index in [-0.39, 0.29) is 0 Å². The zero-order valence-corrected chi connectivity index (χ0v) is 23.7. The summed E-state index contributed by atoms with van der Waals surface area (Å²) < 4.78 is 0. The Balaban J connectivity index is 0.00000121. The van der Waals surface area contributed by atoms with Gasteiger partial charge in [-0.2, -0.15) is 0 Å². The molecule has 0 aliphatic heterocycles. The second-order valence-electron chi connectivity index (χ2n) is 10.7. The van der Waals surface area contributed by atoms with E-state index in [9.17, 15) is 0 Å². The Bertz CT molecular complexity index is 544. The molecule has 32 heavy (non-hydrogen) atoms. The van der Waals surface area contributed by atoms with Gasteiger partial charge < -0.3 is 0 Å². The van der Waals surface area contributed by atoms with Gasteiger partial charge in [0.1, 0.15) is 0 Å². The molecule has 0 amide bonds. The highest BCUT2D eigenvalue weighted by atomic mass is 14.6. The van der Waals surface area contributed by atoms with E-state index in [0.717, 1.165) is 47.8 Å². The van der Waals surface area contributed by atoms with E-state index in [4.69, 9.17) is 6.58 Å². The maximum absolute atomic E-state index is 4.82. The van der Waals surface area contributed by atoms with E-state index in [1.54, 1.807) is 11.1 Å². The van der Waals surface area contributed by atoms with Crippen molar-refractivity contribution in [3.8, 4) is 0 Å². The third-order valence-corrected chi connectivity index (χ3v) is 9.87. The fraction of sp³-hybridized carbons (Fsp3) is 0.875. The van der Waals surface area contributed by atoms with Crippen LogP contribution in [0.4, 0.5) is 0 Å². The van der Waals surface area contributed by atoms with Gasteiger partial charge in [-0.1, -0.05) is 125 Å². The van der Waals surface area contributed by atoms with Crippen molar-refractivity contribution < 1.29 is 0 Å². The maximum Gasteiger partial charge on any atom is -0.0106 e. The van der Waals surface area contributed by atoms with Gasteiger partial charge in [-0.05, 0) is 78.9 Å². The topological polar surface area (TPSA) is 0 Å². The van der Waals surface area contributed by atoms with Crippen LogP contribution in [0.15, 0.2) is 24.3 Å². The quantitative estimate of drug-likeness (QED) is 0.294. The molecule has 6 atom stereocenters. The zero-order chi connectivity index (χ0) is 24.5. The van der Waals surface area contributed by atoms with Gasteiger partial charge in [-0.3, -0.25) is 0 Å². The smallest absolute Gasteiger partial charge is 0.0106 e. The van der Waals surface area contributed by atoms with Crippen LogP contribution in [0.25, 0.3) is 0 Å². The van der Waals surface area contributed by atoms with Crippen LogP contribution >= 0.6 is 0 Å². The number of hydrogen-bond donors (Lipinski definition) is 0. The van der Waals surface area contributed by atoms with Crippen LogP contribution in [-0.4, -0.2) is 0 Å². The predicted molar refractivity (Wildman–Crippen MR) is 147 cm³/mol. The van der Waals surface area contributed by atoms with Crippen molar-refractivity contribution in [2.24, 2.45) is 46.8 Å². The molecule has 6 unspecified atom stereocenters. The zero-order valence-electron chi connectivity index (χ0n) is 23.7. The molecule has 0 aromatic carbocycles. The lowest BCUT2D eigenvalue weighted by Gasteiger charge is -2.46. The van der Waals surface area contributed by atoms with Crippen molar-refractivity contribution in [3.63, 3.8) is 0 Å². The van der Waals surface area contributed by atoms with Gasteiger partial charge >= 0.3 is 0 Å². The molecule has 0 saturated heterocycles. The summed E-state index contributed by atoms with van der Waals surface area (Å²) >= 11 is 0. The Kier molecular flexibility index (Phi) is 12.9. The van der Waals surface area contributed by atoms with Crippen LogP contribution in [0.1, 0.15) is 133 Å². The number of allylic oxidation sites excluding steroid dienone is 2. The number of hydrogen-bond acceptors (Lipinski definition) is 0. The van der Waals surface area contributed by atoms with Crippen molar-refractivity contribution in [1.29, 1.82) is 0 Å². The molecule has 0 N–H and O–H groups in total. The van der Waals surface area contributed by atoms with E-state index in [1.165, 1.54) is 64.2 Å². The molecule has 0 radical (unpaired) electrons. The number of fused-ring (bicyclic) bond motifs is 2. The van der Waals surface area contributed by atoms with Gasteiger partial charge in [0.25, 0.3) is 0 Å². The fourth-order valence-electron chi connectivity index (χ4n) is 8.42. The van der Waals surface area contributed by atoms with E-state index in [1.807, 2.05) is 27.7 Å². The minimum absolute atomic E-state index is 0.577. The number of rotatable bonds is 10. The second kappa shape index (κ2) is 14.0. The van der Waals surface area contributed by atoms with Gasteiger partial charge in [0, 0.05) is 0 Å². The Morgan fingerprint density at radius 2 is 1.34 bits per heavy atom. The fourth-order valence-corrected chi connectivity index (χ4v) is 8.42. The summed E-state index contributed by atoms with van der Waals surface area (Å²) in [7, 11) is 0. The van der Waals surface area contributed by atoms with Crippen molar-refractivity contribution in [1.82, 2.24) is 0 Å². The first-order chi connectivity index (χ1) is 15.5. The molecule has 0 heteroatoms. The van der Waals surface area contributed by atoms with Gasteiger partial charge in [-0.25, -0.2) is 0 Å².